The second-order valence-electron chi connectivity index (χ2n) is 4.31. The first kappa shape index (κ1) is 15.3. The quantitative estimate of drug-likeness (QED) is 0.642. The Morgan fingerprint density at radius 2 is 2.10 bits per heavy atom. The van der Waals surface area contributed by atoms with Crippen molar-refractivity contribution < 1.29 is 13.9 Å². The van der Waals surface area contributed by atoms with Crippen LogP contribution in [0.15, 0.2) is 46.9 Å². The fourth-order valence-electron chi connectivity index (χ4n) is 1.68. The lowest BCUT2D eigenvalue weighted by Crippen LogP contribution is -2.28. The van der Waals surface area contributed by atoms with Gasteiger partial charge in [0.1, 0.15) is 18.2 Å². The van der Waals surface area contributed by atoms with E-state index in [9.17, 15) is 9.18 Å². The molecular formula is C15H14BrFN2O2. The number of nitrogens with one attached hydrogen (secondary N) is 1. The van der Waals surface area contributed by atoms with Gasteiger partial charge in [-0.1, -0.05) is 6.07 Å². The van der Waals surface area contributed by atoms with Crippen LogP contribution in [-0.4, -0.2) is 19.1 Å². The van der Waals surface area contributed by atoms with Crippen LogP contribution in [0.2, 0.25) is 0 Å². The van der Waals surface area contributed by atoms with Crippen LogP contribution in [0, 0.1) is 5.82 Å². The summed E-state index contributed by atoms with van der Waals surface area (Å²) in [5, 5.41) is 2.69. The number of halogens is 2. The fourth-order valence-corrected chi connectivity index (χ4v) is 2.06. The number of hydrogen-bond donors (Lipinski definition) is 2. The number of anilines is 1. The minimum absolute atomic E-state index is 0.256. The molecule has 1 amide bonds. The zero-order valence-corrected chi connectivity index (χ0v) is 12.7. The van der Waals surface area contributed by atoms with E-state index < -0.39 is 5.82 Å². The molecular weight excluding hydrogens is 339 g/mol. The maximum atomic E-state index is 13.1. The second-order valence-corrected chi connectivity index (χ2v) is 5.16. The Hall–Kier alpha value is -2.08. The van der Waals surface area contributed by atoms with Crippen molar-refractivity contribution >= 4 is 27.5 Å². The van der Waals surface area contributed by atoms with Gasteiger partial charge in [0.2, 0.25) is 0 Å². The summed E-state index contributed by atoms with van der Waals surface area (Å²) in [7, 11) is 0. The Labute approximate surface area is 130 Å². The van der Waals surface area contributed by atoms with Crippen molar-refractivity contribution in [3.8, 4) is 5.75 Å². The van der Waals surface area contributed by atoms with Crippen LogP contribution in [0.5, 0.6) is 5.75 Å². The lowest BCUT2D eigenvalue weighted by molar-refractivity contribution is 0.0947. The van der Waals surface area contributed by atoms with Gasteiger partial charge in [-0.25, -0.2) is 4.39 Å². The molecule has 0 heterocycles. The highest BCUT2D eigenvalue weighted by Gasteiger charge is 2.07. The van der Waals surface area contributed by atoms with Crippen LogP contribution in [-0.2, 0) is 0 Å². The maximum absolute atomic E-state index is 13.1. The van der Waals surface area contributed by atoms with E-state index in [-0.39, 0.29) is 10.4 Å². The normalized spacial score (nSPS) is 10.2. The first-order chi connectivity index (χ1) is 10.1. The average molecular weight is 353 g/mol. The van der Waals surface area contributed by atoms with Gasteiger partial charge in [0, 0.05) is 17.3 Å². The Kier molecular flexibility index (Phi) is 5.16. The van der Waals surface area contributed by atoms with Crippen molar-refractivity contribution in [2.75, 3.05) is 18.9 Å². The monoisotopic (exact) mass is 352 g/mol. The van der Waals surface area contributed by atoms with E-state index in [0.29, 0.717) is 30.2 Å². The molecule has 4 nitrogen and oxygen atoms in total. The molecule has 0 aliphatic rings. The van der Waals surface area contributed by atoms with Crippen molar-refractivity contribution in [3.05, 3.63) is 58.3 Å². The van der Waals surface area contributed by atoms with Gasteiger partial charge in [0.25, 0.3) is 5.91 Å². The first-order valence-corrected chi connectivity index (χ1v) is 7.07. The van der Waals surface area contributed by atoms with E-state index in [0.717, 1.165) is 0 Å². The molecule has 0 saturated carbocycles. The first-order valence-electron chi connectivity index (χ1n) is 6.28. The molecule has 0 saturated heterocycles. The topological polar surface area (TPSA) is 64.3 Å². The molecule has 21 heavy (non-hydrogen) atoms. The summed E-state index contributed by atoms with van der Waals surface area (Å²) in [5.41, 5.74) is 6.63. The minimum atomic E-state index is -0.406. The number of benzene rings is 2. The van der Waals surface area contributed by atoms with Gasteiger partial charge in [-0.05, 0) is 46.3 Å². The summed E-state index contributed by atoms with van der Waals surface area (Å²) in [6.45, 7) is 0.653. The van der Waals surface area contributed by atoms with Gasteiger partial charge in [-0.15, -0.1) is 0 Å². The van der Waals surface area contributed by atoms with Crippen LogP contribution < -0.4 is 15.8 Å². The van der Waals surface area contributed by atoms with Crippen LogP contribution in [0.3, 0.4) is 0 Å². The molecule has 0 fully saturated rings. The van der Waals surface area contributed by atoms with Gasteiger partial charge >= 0.3 is 0 Å². The van der Waals surface area contributed by atoms with Crippen molar-refractivity contribution in [3.63, 3.8) is 0 Å². The molecule has 0 aliphatic heterocycles. The summed E-state index contributed by atoms with van der Waals surface area (Å²) in [4.78, 5) is 11.8. The molecule has 0 unspecified atom stereocenters. The molecule has 2 aromatic carbocycles. The van der Waals surface area contributed by atoms with Gasteiger partial charge < -0.3 is 15.8 Å². The molecule has 0 aromatic heterocycles. The summed E-state index contributed by atoms with van der Waals surface area (Å²) in [6, 6.07) is 11.1. The predicted octanol–water partition coefficient (Wildman–Crippen LogP) is 2.98. The molecule has 3 N–H and O–H groups in total. The van der Waals surface area contributed by atoms with Crippen molar-refractivity contribution in [2.24, 2.45) is 0 Å². The molecule has 0 atom stereocenters. The number of amides is 1. The Balaban J connectivity index is 1.80. The molecule has 0 spiro atoms. The second kappa shape index (κ2) is 7.08. The number of carbonyl (C=O) groups is 1. The highest BCUT2D eigenvalue weighted by Crippen LogP contribution is 2.17. The minimum Gasteiger partial charge on any atom is -0.492 e. The maximum Gasteiger partial charge on any atom is 0.251 e. The molecule has 2 aromatic rings. The lowest BCUT2D eigenvalue weighted by Gasteiger charge is -2.08. The van der Waals surface area contributed by atoms with Gasteiger partial charge in [0.05, 0.1) is 11.0 Å². The number of nitrogens with two attached hydrogens (primary N) is 1. The van der Waals surface area contributed by atoms with E-state index in [1.165, 1.54) is 18.2 Å². The summed E-state index contributed by atoms with van der Waals surface area (Å²) in [5.74, 6) is -0.0443. The van der Waals surface area contributed by atoms with Crippen LogP contribution in [0.25, 0.3) is 0 Å². The fraction of sp³-hybridized carbons (Fsp3) is 0.133. The van der Waals surface area contributed by atoms with Crippen molar-refractivity contribution in [2.45, 2.75) is 0 Å². The van der Waals surface area contributed by atoms with E-state index in [2.05, 4.69) is 21.2 Å². The zero-order valence-electron chi connectivity index (χ0n) is 11.1. The van der Waals surface area contributed by atoms with Gasteiger partial charge in [0.15, 0.2) is 0 Å². The summed E-state index contributed by atoms with van der Waals surface area (Å²) < 4.78 is 18.8. The molecule has 0 radical (unpaired) electrons. The van der Waals surface area contributed by atoms with Gasteiger partial charge in [-0.2, -0.15) is 0 Å². The molecule has 2 rings (SSSR count). The Morgan fingerprint density at radius 3 is 2.81 bits per heavy atom. The number of rotatable bonds is 5. The number of ether oxygens (including phenoxy) is 1. The average Bonchev–Trinajstić information content (AvgIpc) is 2.46. The standard InChI is InChI=1S/C15H14BrFN2O2/c16-13-8-10(4-5-14(13)17)15(20)19-6-7-21-12-3-1-2-11(18)9-12/h1-5,8-9H,6-7,18H2,(H,19,20). The third kappa shape index (κ3) is 4.46. The van der Waals surface area contributed by atoms with Crippen LogP contribution >= 0.6 is 15.9 Å². The summed E-state index contributed by atoms with van der Waals surface area (Å²) in [6.07, 6.45) is 0. The number of hydrogen-bond acceptors (Lipinski definition) is 3. The largest absolute Gasteiger partial charge is 0.492 e. The zero-order chi connectivity index (χ0) is 15.2. The van der Waals surface area contributed by atoms with E-state index in [1.807, 2.05) is 0 Å². The van der Waals surface area contributed by atoms with Crippen molar-refractivity contribution in [1.82, 2.24) is 5.32 Å². The molecule has 0 aliphatic carbocycles. The summed E-state index contributed by atoms with van der Waals surface area (Å²) >= 11 is 3.04. The highest BCUT2D eigenvalue weighted by molar-refractivity contribution is 9.10. The SMILES string of the molecule is Nc1cccc(OCCNC(=O)c2ccc(F)c(Br)c2)c1. The van der Waals surface area contributed by atoms with E-state index in [4.69, 9.17) is 10.5 Å². The Bertz CT molecular complexity index is 649. The predicted molar refractivity (Wildman–Crippen MR) is 82.8 cm³/mol. The number of nitrogen functional groups attached to an aromatic ring is 1. The molecule has 6 heteroatoms. The van der Waals surface area contributed by atoms with Crippen LogP contribution in [0.4, 0.5) is 10.1 Å². The number of carbonyl (C=O) groups excluding carboxylic acids is 1. The third-order valence-corrected chi connectivity index (χ3v) is 3.30. The van der Waals surface area contributed by atoms with Crippen LogP contribution in [0.1, 0.15) is 10.4 Å². The molecule has 0 bridgehead atoms. The lowest BCUT2D eigenvalue weighted by atomic mass is 10.2. The molecule has 110 valence electrons. The Morgan fingerprint density at radius 1 is 1.29 bits per heavy atom. The smallest absolute Gasteiger partial charge is 0.251 e. The highest BCUT2D eigenvalue weighted by atomic mass is 79.9. The van der Waals surface area contributed by atoms with Crippen molar-refractivity contribution in [1.29, 1.82) is 0 Å². The third-order valence-electron chi connectivity index (χ3n) is 2.70. The van der Waals surface area contributed by atoms with Gasteiger partial charge in [-0.3, -0.25) is 4.79 Å². The van der Waals surface area contributed by atoms with E-state index in [1.54, 1.807) is 24.3 Å². The van der Waals surface area contributed by atoms with E-state index >= 15 is 0 Å².